The van der Waals surface area contributed by atoms with Crippen molar-refractivity contribution in [3.8, 4) is 0 Å². The van der Waals surface area contributed by atoms with Gasteiger partial charge in [-0.15, -0.1) is 0 Å². The summed E-state index contributed by atoms with van der Waals surface area (Å²) in [4.78, 5) is 0. The average Bonchev–Trinajstić information content (AvgIpc) is 2.34. The molecule has 1 aliphatic heterocycles. The molecule has 1 unspecified atom stereocenters. The molecular formula is C13H27NO2. The van der Waals surface area contributed by atoms with Crippen molar-refractivity contribution in [1.29, 1.82) is 0 Å². The van der Waals surface area contributed by atoms with Gasteiger partial charge in [-0.2, -0.15) is 0 Å². The fourth-order valence-corrected chi connectivity index (χ4v) is 1.96. The van der Waals surface area contributed by atoms with Crippen molar-refractivity contribution < 1.29 is 9.47 Å². The first kappa shape index (κ1) is 13.9. The third-order valence-corrected chi connectivity index (χ3v) is 3.05. The molecule has 0 bridgehead atoms. The lowest BCUT2D eigenvalue weighted by Crippen LogP contribution is -2.34. The van der Waals surface area contributed by atoms with E-state index in [0.29, 0.717) is 12.9 Å². The summed E-state index contributed by atoms with van der Waals surface area (Å²) < 4.78 is 10.6. The second kappa shape index (κ2) is 10.1. The highest BCUT2D eigenvalue weighted by Crippen LogP contribution is 2.06. The molecule has 0 aromatic rings. The van der Waals surface area contributed by atoms with Gasteiger partial charge in [-0.05, 0) is 19.4 Å². The minimum Gasteiger partial charge on any atom is -0.355 e. The van der Waals surface area contributed by atoms with Gasteiger partial charge in [0.1, 0.15) is 6.79 Å². The molecular weight excluding hydrogens is 202 g/mol. The van der Waals surface area contributed by atoms with Gasteiger partial charge in [0.15, 0.2) is 0 Å². The van der Waals surface area contributed by atoms with Crippen LogP contribution in [-0.2, 0) is 9.47 Å². The highest BCUT2D eigenvalue weighted by Gasteiger charge is 2.12. The Morgan fingerprint density at radius 1 is 1.12 bits per heavy atom. The molecule has 1 aliphatic rings. The van der Waals surface area contributed by atoms with Gasteiger partial charge in [-0.1, -0.05) is 39.0 Å². The first-order valence-electron chi connectivity index (χ1n) is 6.83. The quantitative estimate of drug-likeness (QED) is 0.617. The molecule has 0 aromatic heterocycles. The van der Waals surface area contributed by atoms with Crippen LogP contribution in [0.25, 0.3) is 0 Å². The van der Waals surface area contributed by atoms with Gasteiger partial charge in [0.2, 0.25) is 0 Å². The maximum atomic E-state index is 5.45. The van der Waals surface area contributed by atoms with E-state index in [9.17, 15) is 0 Å². The van der Waals surface area contributed by atoms with Crippen LogP contribution in [0.4, 0.5) is 0 Å². The van der Waals surface area contributed by atoms with Gasteiger partial charge >= 0.3 is 0 Å². The van der Waals surface area contributed by atoms with E-state index in [1.54, 1.807) is 0 Å². The lowest BCUT2D eigenvalue weighted by Gasteiger charge is -2.22. The van der Waals surface area contributed by atoms with Crippen LogP contribution < -0.4 is 5.32 Å². The van der Waals surface area contributed by atoms with Crippen LogP contribution in [0, 0.1) is 0 Å². The Morgan fingerprint density at radius 2 is 1.94 bits per heavy atom. The van der Waals surface area contributed by atoms with E-state index < -0.39 is 0 Å². The van der Waals surface area contributed by atoms with Crippen LogP contribution in [0.2, 0.25) is 0 Å². The Balaban J connectivity index is 1.77. The molecule has 1 N–H and O–H groups in total. The molecule has 1 atom stereocenters. The van der Waals surface area contributed by atoms with Crippen molar-refractivity contribution in [2.24, 2.45) is 0 Å². The standard InChI is InChI=1S/C13H27NO2/c1-2-3-4-5-6-7-9-14-11-13-8-10-15-12-16-13/h13-14H,2-12H2,1H3. The Morgan fingerprint density at radius 3 is 2.69 bits per heavy atom. The van der Waals surface area contributed by atoms with Crippen LogP contribution in [0.3, 0.4) is 0 Å². The van der Waals surface area contributed by atoms with Gasteiger partial charge in [-0.3, -0.25) is 0 Å². The molecule has 1 rings (SSSR count). The van der Waals surface area contributed by atoms with E-state index in [0.717, 1.165) is 26.1 Å². The minimum absolute atomic E-state index is 0.369. The molecule has 1 fully saturated rings. The molecule has 0 amide bonds. The molecule has 96 valence electrons. The molecule has 3 heteroatoms. The van der Waals surface area contributed by atoms with Crippen LogP contribution >= 0.6 is 0 Å². The van der Waals surface area contributed by atoms with E-state index in [1.807, 2.05) is 0 Å². The maximum absolute atomic E-state index is 5.45. The van der Waals surface area contributed by atoms with Gasteiger partial charge < -0.3 is 14.8 Å². The zero-order chi connectivity index (χ0) is 11.5. The molecule has 0 radical (unpaired) electrons. The lowest BCUT2D eigenvalue weighted by atomic mass is 10.1. The molecule has 0 aliphatic carbocycles. The van der Waals surface area contributed by atoms with Crippen LogP contribution in [0.1, 0.15) is 51.9 Å². The zero-order valence-electron chi connectivity index (χ0n) is 10.7. The highest BCUT2D eigenvalue weighted by molar-refractivity contribution is 4.63. The Bertz CT molecular complexity index is 147. The normalized spacial score (nSPS) is 21.2. The summed E-state index contributed by atoms with van der Waals surface area (Å²) in [5.74, 6) is 0. The molecule has 3 nitrogen and oxygen atoms in total. The summed E-state index contributed by atoms with van der Waals surface area (Å²) in [7, 11) is 0. The Labute approximate surface area is 99.9 Å². The van der Waals surface area contributed by atoms with Gasteiger partial charge in [0.05, 0.1) is 12.7 Å². The summed E-state index contributed by atoms with van der Waals surface area (Å²) >= 11 is 0. The Kier molecular flexibility index (Phi) is 8.77. The van der Waals surface area contributed by atoms with Crippen molar-refractivity contribution in [1.82, 2.24) is 5.32 Å². The topological polar surface area (TPSA) is 30.5 Å². The van der Waals surface area contributed by atoms with Crippen molar-refractivity contribution in [3.63, 3.8) is 0 Å². The summed E-state index contributed by atoms with van der Waals surface area (Å²) in [5, 5.41) is 3.47. The summed E-state index contributed by atoms with van der Waals surface area (Å²) in [6, 6.07) is 0. The number of rotatable bonds is 9. The molecule has 0 aromatic carbocycles. The maximum Gasteiger partial charge on any atom is 0.147 e. The third kappa shape index (κ3) is 7.20. The second-order valence-electron chi connectivity index (χ2n) is 4.58. The summed E-state index contributed by atoms with van der Waals surface area (Å²) in [6.45, 7) is 5.70. The number of hydrogen-bond acceptors (Lipinski definition) is 3. The molecule has 0 spiro atoms. The first-order chi connectivity index (χ1) is 7.93. The van der Waals surface area contributed by atoms with Gasteiger partial charge in [-0.25, -0.2) is 0 Å². The van der Waals surface area contributed by atoms with Crippen molar-refractivity contribution in [2.75, 3.05) is 26.5 Å². The summed E-state index contributed by atoms with van der Waals surface area (Å²) in [6.07, 6.45) is 9.58. The van der Waals surface area contributed by atoms with Crippen molar-refractivity contribution >= 4 is 0 Å². The van der Waals surface area contributed by atoms with E-state index in [-0.39, 0.29) is 0 Å². The van der Waals surface area contributed by atoms with E-state index in [4.69, 9.17) is 9.47 Å². The highest BCUT2D eigenvalue weighted by atomic mass is 16.7. The minimum atomic E-state index is 0.369. The fourth-order valence-electron chi connectivity index (χ4n) is 1.96. The van der Waals surface area contributed by atoms with E-state index in [1.165, 1.54) is 38.5 Å². The largest absolute Gasteiger partial charge is 0.355 e. The van der Waals surface area contributed by atoms with Crippen LogP contribution in [0.5, 0.6) is 0 Å². The van der Waals surface area contributed by atoms with Crippen molar-refractivity contribution in [3.05, 3.63) is 0 Å². The zero-order valence-corrected chi connectivity index (χ0v) is 10.7. The monoisotopic (exact) mass is 229 g/mol. The molecule has 0 saturated carbocycles. The smallest absolute Gasteiger partial charge is 0.147 e. The predicted octanol–water partition coefficient (Wildman–Crippen LogP) is 2.70. The number of unbranched alkanes of at least 4 members (excludes halogenated alkanes) is 5. The number of nitrogens with one attached hydrogen (secondary N) is 1. The van der Waals surface area contributed by atoms with E-state index in [2.05, 4.69) is 12.2 Å². The lowest BCUT2D eigenvalue weighted by molar-refractivity contribution is -0.137. The second-order valence-corrected chi connectivity index (χ2v) is 4.58. The van der Waals surface area contributed by atoms with Gasteiger partial charge in [0.25, 0.3) is 0 Å². The molecule has 16 heavy (non-hydrogen) atoms. The molecule has 1 saturated heterocycles. The third-order valence-electron chi connectivity index (χ3n) is 3.05. The SMILES string of the molecule is CCCCCCCCNCC1CCOCO1. The first-order valence-corrected chi connectivity index (χ1v) is 6.83. The van der Waals surface area contributed by atoms with Crippen LogP contribution in [0.15, 0.2) is 0 Å². The number of hydrogen-bond donors (Lipinski definition) is 1. The van der Waals surface area contributed by atoms with E-state index >= 15 is 0 Å². The van der Waals surface area contributed by atoms with Crippen molar-refractivity contribution in [2.45, 2.75) is 58.0 Å². The fraction of sp³-hybridized carbons (Fsp3) is 1.00. The van der Waals surface area contributed by atoms with Crippen LogP contribution in [-0.4, -0.2) is 32.6 Å². The average molecular weight is 229 g/mol. The van der Waals surface area contributed by atoms with Gasteiger partial charge in [0, 0.05) is 6.54 Å². The summed E-state index contributed by atoms with van der Waals surface area (Å²) in [5.41, 5.74) is 0. The molecule has 1 heterocycles. The Hall–Kier alpha value is -0.120. The predicted molar refractivity (Wildman–Crippen MR) is 66.6 cm³/mol. The number of ether oxygens (including phenoxy) is 2.